The Kier molecular flexibility index (Phi) is 10.0. The molecule has 0 aliphatic heterocycles. The molecule has 26 heavy (non-hydrogen) atoms. The summed E-state index contributed by atoms with van der Waals surface area (Å²) in [6.07, 6.45) is 2.45. The second kappa shape index (κ2) is 11.7. The molecule has 0 unspecified atom stereocenters. The fourth-order valence-electron chi connectivity index (χ4n) is 2.48. The Morgan fingerprint density at radius 2 is 1.77 bits per heavy atom. The van der Waals surface area contributed by atoms with E-state index in [1.165, 1.54) is 13.2 Å². The van der Waals surface area contributed by atoms with Crippen molar-refractivity contribution in [3.63, 3.8) is 0 Å². The van der Waals surface area contributed by atoms with Gasteiger partial charge in [-0.15, -0.1) is 0 Å². The lowest BCUT2D eigenvalue weighted by atomic mass is 10.2. The van der Waals surface area contributed by atoms with Crippen LogP contribution in [0.3, 0.4) is 0 Å². The molecule has 0 atom stereocenters. The van der Waals surface area contributed by atoms with Crippen molar-refractivity contribution in [2.24, 2.45) is 4.99 Å². The highest BCUT2D eigenvalue weighted by atomic mass is 28.4. The Balaban J connectivity index is 2.64. The smallest absolute Gasteiger partial charge is 0.490 e. The zero-order valence-electron chi connectivity index (χ0n) is 15.9. The van der Waals surface area contributed by atoms with Crippen molar-refractivity contribution in [3.05, 3.63) is 33.9 Å². The van der Waals surface area contributed by atoms with Crippen molar-refractivity contribution in [2.45, 2.75) is 33.2 Å². The molecular formula is C17H28N2O6Si. The van der Waals surface area contributed by atoms with Gasteiger partial charge < -0.3 is 18.0 Å². The lowest BCUT2D eigenvalue weighted by Crippen LogP contribution is -2.46. The number of ether oxygens (including phenoxy) is 1. The Labute approximate surface area is 155 Å². The van der Waals surface area contributed by atoms with Gasteiger partial charge in [-0.2, -0.15) is 0 Å². The van der Waals surface area contributed by atoms with Crippen LogP contribution in [0.1, 0.15) is 32.8 Å². The SMILES string of the molecule is CCO[Si](CCC/N=C/c1ccc([N+](=O)[O-])c(OC)c1)(OCC)OCC. The molecule has 0 amide bonds. The molecule has 0 saturated carbocycles. The van der Waals surface area contributed by atoms with E-state index in [0.717, 1.165) is 12.0 Å². The molecule has 1 aromatic carbocycles. The van der Waals surface area contributed by atoms with Gasteiger partial charge >= 0.3 is 14.5 Å². The summed E-state index contributed by atoms with van der Waals surface area (Å²) in [4.78, 5) is 14.8. The Hall–Kier alpha value is -1.81. The first kappa shape index (κ1) is 22.2. The van der Waals surface area contributed by atoms with Gasteiger partial charge in [0.2, 0.25) is 0 Å². The molecule has 0 aliphatic rings. The minimum atomic E-state index is -2.63. The largest absolute Gasteiger partial charge is 0.500 e. The van der Waals surface area contributed by atoms with E-state index < -0.39 is 13.7 Å². The molecule has 9 heteroatoms. The monoisotopic (exact) mass is 384 g/mol. The minimum Gasteiger partial charge on any atom is -0.490 e. The van der Waals surface area contributed by atoms with E-state index in [-0.39, 0.29) is 11.4 Å². The number of nitro benzene ring substituents is 1. The van der Waals surface area contributed by atoms with Crippen LogP contribution < -0.4 is 4.74 Å². The fraction of sp³-hybridized carbons (Fsp3) is 0.588. The topological polar surface area (TPSA) is 92.4 Å². The van der Waals surface area contributed by atoms with Gasteiger partial charge in [-0.1, -0.05) is 0 Å². The number of nitrogens with zero attached hydrogens (tertiary/aromatic N) is 2. The Morgan fingerprint density at radius 1 is 1.15 bits per heavy atom. The number of benzene rings is 1. The summed E-state index contributed by atoms with van der Waals surface area (Å²) < 4.78 is 22.5. The van der Waals surface area contributed by atoms with Gasteiger partial charge in [-0.25, -0.2) is 0 Å². The molecule has 0 N–H and O–H groups in total. The van der Waals surface area contributed by atoms with Crippen molar-refractivity contribution < 1.29 is 22.9 Å². The first-order valence-electron chi connectivity index (χ1n) is 8.76. The van der Waals surface area contributed by atoms with Gasteiger partial charge in [0.15, 0.2) is 5.75 Å². The van der Waals surface area contributed by atoms with Gasteiger partial charge in [-0.3, -0.25) is 15.1 Å². The Bertz CT molecular complexity index is 580. The average molecular weight is 385 g/mol. The van der Waals surface area contributed by atoms with Gasteiger partial charge in [0.1, 0.15) is 0 Å². The van der Waals surface area contributed by atoms with Crippen LogP contribution in [-0.2, 0) is 13.3 Å². The molecule has 0 saturated heterocycles. The number of nitro groups is 1. The number of hydrogen-bond donors (Lipinski definition) is 0. The molecule has 8 nitrogen and oxygen atoms in total. The summed E-state index contributed by atoms with van der Waals surface area (Å²) in [5.74, 6) is 0.217. The lowest BCUT2D eigenvalue weighted by molar-refractivity contribution is -0.385. The fourth-order valence-corrected chi connectivity index (χ4v) is 5.08. The molecule has 0 fully saturated rings. The van der Waals surface area contributed by atoms with E-state index in [2.05, 4.69) is 4.99 Å². The van der Waals surface area contributed by atoms with E-state index in [9.17, 15) is 10.1 Å². The van der Waals surface area contributed by atoms with Crippen LogP contribution in [0.15, 0.2) is 23.2 Å². The van der Waals surface area contributed by atoms with E-state index in [1.54, 1.807) is 18.3 Å². The van der Waals surface area contributed by atoms with Crippen LogP contribution in [0.2, 0.25) is 6.04 Å². The second-order valence-corrected chi connectivity index (χ2v) is 8.04. The van der Waals surface area contributed by atoms with Gasteiger partial charge in [0.25, 0.3) is 0 Å². The van der Waals surface area contributed by atoms with Crippen molar-refractivity contribution in [1.29, 1.82) is 0 Å². The maximum atomic E-state index is 10.9. The lowest BCUT2D eigenvalue weighted by Gasteiger charge is -2.28. The molecule has 0 spiro atoms. The van der Waals surface area contributed by atoms with Crippen molar-refractivity contribution >= 4 is 20.7 Å². The number of hydrogen-bond acceptors (Lipinski definition) is 7. The molecular weight excluding hydrogens is 356 g/mol. The molecule has 0 aromatic heterocycles. The maximum absolute atomic E-state index is 10.9. The first-order valence-corrected chi connectivity index (χ1v) is 10.7. The average Bonchev–Trinajstić information content (AvgIpc) is 2.61. The highest BCUT2D eigenvalue weighted by molar-refractivity contribution is 6.60. The summed E-state index contributed by atoms with van der Waals surface area (Å²) in [5.41, 5.74) is 0.681. The van der Waals surface area contributed by atoms with Crippen LogP contribution in [0.25, 0.3) is 0 Å². The summed E-state index contributed by atoms with van der Waals surface area (Å²) in [6.45, 7) is 8.04. The summed E-state index contributed by atoms with van der Waals surface area (Å²) in [6, 6.07) is 5.35. The van der Waals surface area contributed by atoms with Gasteiger partial charge in [0.05, 0.1) is 12.0 Å². The van der Waals surface area contributed by atoms with Crippen LogP contribution in [-0.4, -0.2) is 53.4 Å². The minimum absolute atomic E-state index is 0.0643. The molecule has 0 bridgehead atoms. The highest BCUT2D eigenvalue weighted by Gasteiger charge is 2.39. The summed E-state index contributed by atoms with van der Waals surface area (Å²) in [7, 11) is -1.22. The van der Waals surface area contributed by atoms with Crippen LogP contribution in [0.5, 0.6) is 5.75 Å². The third kappa shape index (κ3) is 6.83. The number of aliphatic imine (C=N–C) groups is 1. The Morgan fingerprint density at radius 3 is 2.27 bits per heavy atom. The zero-order valence-corrected chi connectivity index (χ0v) is 16.9. The second-order valence-electron chi connectivity index (χ2n) is 5.31. The van der Waals surface area contributed by atoms with E-state index >= 15 is 0 Å². The van der Waals surface area contributed by atoms with Crippen molar-refractivity contribution in [2.75, 3.05) is 33.5 Å². The highest BCUT2D eigenvalue weighted by Crippen LogP contribution is 2.27. The first-order chi connectivity index (χ1) is 12.5. The normalized spacial score (nSPS) is 11.8. The molecule has 1 rings (SSSR count). The molecule has 146 valence electrons. The summed E-state index contributed by atoms with van der Waals surface area (Å²) in [5, 5.41) is 10.9. The predicted molar refractivity (Wildman–Crippen MR) is 102 cm³/mol. The number of methoxy groups -OCH3 is 1. The van der Waals surface area contributed by atoms with Crippen molar-refractivity contribution in [1.82, 2.24) is 0 Å². The molecule has 0 heterocycles. The van der Waals surface area contributed by atoms with E-state index in [1.807, 2.05) is 20.8 Å². The van der Waals surface area contributed by atoms with E-state index in [4.69, 9.17) is 18.0 Å². The van der Waals surface area contributed by atoms with Crippen LogP contribution in [0.4, 0.5) is 5.69 Å². The summed E-state index contributed by atoms with van der Waals surface area (Å²) >= 11 is 0. The third-order valence-corrected chi connectivity index (χ3v) is 6.66. The van der Waals surface area contributed by atoms with Crippen LogP contribution in [0, 0.1) is 10.1 Å². The predicted octanol–water partition coefficient (Wildman–Crippen LogP) is 3.46. The zero-order chi connectivity index (χ0) is 19.4. The number of rotatable bonds is 13. The standard InChI is InChI=1S/C17H28N2O6Si/c1-5-23-26(24-6-2,25-7-3)12-8-11-18-14-15-9-10-16(19(20)21)17(13-15)22-4/h9-10,13-14H,5-8,11-12H2,1-4H3/b18-14+. The van der Waals surface area contributed by atoms with E-state index in [0.29, 0.717) is 32.4 Å². The van der Waals surface area contributed by atoms with Crippen molar-refractivity contribution in [3.8, 4) is 5.75 Å². The molecule has 0 radical (unpaired) electrons. The molecule has 1 aromatic rings. The quantitative estimate of drug-likeness (QED) is 0.170. The maximum Gasteiger partial charge on any atom is 0.500 e. The molecule has 0 aliphatic carbocycles. The van der Waals surface area contributed by atoms with Gasteiger partial charge in [-0.05, 0) is 44.9 Å². The van der Waals surface area contributed by atoms with Gasteiger partial charge in [0, 0.05) is 44.7 Å². The van der Waals surface area contributed by atoms with Crippen LogP contribution >= 0.6 is 0 Å². The third-order valence-electron chi connectivity index (χ3n) is 3.50.